The predicted octanol–water partition coefficient (Wildman–Crippen LogP) is 4.33. The topological polar surface area (TPSA) is 37.1 Å². The van der Waals surface area contributed by atoms with E-state index in [0.717, 1.165) is 13.0 Å². The molecule has 4 heteroatoms. The molecule has 0 radical (unpaired) electrons. The van der Waals surface area contributed by atoms with Crippen LogP contribution >= 0.6 is 0 Å². The summed E-state index contributed by atoms with van der Waals surface area (Å²) in [5.74, 6) is 0. The average molecular weight is 304 g/mol. The van der Waals surface area contributed by atoms with Crippen LogP contribution in [0.25, 0.3) is 0 Å². The van der Waals surface area contributed by atoms with Crippen molar-refractivity contribution >= 4 is 10.0 Å². The quantitative estimate of drug-likeness (QED) is 0.445. The number of hydrogen-bond donors (Lipinski definition) is 0. The highest BCUT2D eigenvalue weighted by Crippen LogP contribution is 2.33. The molecule has 0 aliphatic carbocycles. The first-order chi connectivity index (χ1) is 9.30. The van der Waals surface area contributed by atoms with Gasteiger partial charge in [0.05, 0.1) is 4.75 Å². The molecule has 120 valence electrons. The lowest BCUT2D eigenvalue weighted by atomic mass is 10.1. The Morgan fingerprint density at radius 3 is 1.95 bits per heavy atom. The number of nitrogens with zero attached hydrogens (tertiary/aromatic N) is 1. The number of rotatable bonds is 10. The molecule has 1 saturated heterocycles. The van der Waals surface area contributed by atoms with Gasteiger partial charge in [0.15, 0.2) is 0 Å². The number of sulfonamides is 1. The molecule has 1 aliphatic heterocycles. The number of unbranched alkanes of at least 4 members (excludes halogenated alkanes) is 7. The average Bonchev–Trinajstić information content (AvgIpc) is 3.11. The van der Waals surface area contributed by atoms with Gasteiger partial charge in [0.25, 0.3) is 0 Å². The van der Waals surface area contributed by atoms with Crippen LogP contribution in [0.3, 0.4) is 0 Å². The van der Waals surface area contributed by atoms with E-state index in [1.54, 1.807) is 25.1 Å². The lowest BCUT2D eigenvalue weighted by molar-refractivity contribution is 0.504. The van der Waals surface area contributed by atoms with Gasteiger partial charge in [0, 0.05) is 12.6 Å². The van der Waals surface area contributed by atoms with E-state index in [1.807, 2.05) is 0 Å². The summed E-state index contributed by atoms with van der Waals surface area (Å²) >= 11 is 0. The summed E-state index contributed by atoms with van der Waals surface area (Å²) < 4.78 is 25.4. The zero-order chi connectivity index (χ0) is 15.2. The smallest absolute Gasteiger partial charge is 0.212 e. The molecule has 1 fully saturated rings. The molecular formula is C16H33NO2S. The summed E-state index contributed by atoms with van der Waals surface area (Å²) in [5.41, 5.74) is 0. The highest BCUT2D eigenvalue weighted by Gasteiger charge is 2.48. The van der Waals surface area contributed by atoms with Crippen LogP contribution in [0.1, 0.15) is 85.5 Å². The van der Waals surface area contributed by atoms with Gasteiger partial charge in [0.1, 0.15) is 0 Å². The summed E-state index contributed by atoms with van der Waals surface area (Å²) in [4.78, 5) is 0. The molecular weight excluding hydrogens is 270 g/mol. The summed E-state index contributed by atoms with van der Waals surface area (Å²) in [6.45, 7) is 8.35. The Morgan fingerprint density at radius 2 is 1.45 bits per heavy atom. The molecule has 1 unspecified atom stereocenters. The maximum Gasteiger partial charge on any atom is 0.219 e. The summed E-state index contributed by atoms with van der Waals surface area (Å²) in [6.07, 6.45) is 11.5. The van der Waals surface area contributed by atoms with Crippen molar-refractivity contribution in [1.29, 1.82) is 0 Å². The fourth-order valence-electron chi connectivity index (χ4n) is 2.56. The van der Waals surface area contributed by atoms with Crippen molar-refractivity contribution in [3.63, 3.8) is 0 Å². The van der Waals surface area contributed by atoms with E-state index < -0.39 is 14.8 Å². The fourth-order valence-corrected chi connectivity index (χ4v) is 4.13. The summed E-state index contributed by atoms with van der Waals surface area (Å²) in [6, 6.07) is 0.291. The third-order valence-corrected chi connectivity index (χ3v) is 6.75. The molecule has 3 nitrogen and oxygen atoms in total. The van der Waals surface area contributed by atoms with Crippen LogP contribution in [0.4, 0.5) is 0 Å². The van der Waals surface area contributed by atoms with Crippen molar-refractivity contribution in [2.75, 3.05) is 6.54 Å². The van der Waals surface area contributed by atoms with E-state index in [9.17, 15) is 8.42 Å². The lowest BCUT2D eigenvalue weighted by Gasteiger charge is -2.20. The van der Waals surface area contributed by atoms with E-state index >= 15 is 0 Å². The Hall–Kier alpha value is -0.0900. The molecule has 2 atom stereocenters. The van der Waals surface area contributed by atoms with Crippen molar-refractivity contribution in [3.05, 3.63) is 0 Å². The molecule has 0 aromatic heterocycles. The SMILES string of the molecule is CCCCCCCCCC[C@@H]1CN1S(=O)(=O)C(C)(C)C. The second-order valence-electron chi connectivity index (χ2n) is 7.10. The van der Waals surface area contributed by atoms with Gasteiger partial charge in [-0.25, -0.2) is 8.42 Å². The van der Waals surface area contributed by atoms with Crippen LogP contribution < -0.4 is 0 Å². The van der Waals surface area contributed by atoms with Crippen molar-refractivity contribution in [3.8, 4) is 0 Å². The van der Waals surface area contributed by atoms with E-state index in [1.165, 1.54) is 51.4 Å². The predicted molar refractivity (Wildman–Crippen MR) is 86.4 cm³/mol. The van der Waals surface area contributed by atoms with Crippen LogP contribution in [0.5, 0.6) is 0 Å². The van der Waals surface area contributed by atoms with Crippen molar-refractivity contribution in [2.45, 2.75) is 96.3 Å². The first-order valence-corrected chi connectivity index (χ1v) is 9.76. The maximum atomic E-state index is 12.2. The van der Waals surface area contributed by atoms with Gasteiger partial charge in [-0.05, 0) is 27.2 Å². The minimum atomic E-state index is -3.08. The Bertz CT molecular complexity index is 370. The molecule has 0 aromatic carbocycles. The lowest BCUT2D eigenvalue weighted by Crippen LogP contribution is -2.34. The van der Waals surface area contributed by atoms with E-state index in [4.69, 9.17) is 0 Å². The van der Waals surface area contributed by atoms with E-state index in [-0.39, 0.29) is 0 Å². The zero-order valence-corrected chi connectivity index (χ0v) is 14.6. The Labute approximate surface area is 126 Å². The van der Waals surface area contributed by atoms with Crippen LogP contribution in [-0.4, -0.2) is 30.1 Å². The van der Waals surface area contributed by atoms with Crippen LogP contribution in [0.15, 0.2) is 0 Å². The molecule has 1 rings (SSSR count). The Kier molecular flexibility index (Phi) is 6.99. The second-order valence-corrected chi connectivity index (χ2v) is 9.75. The second kappa shape index (κ2) is 7.79. The van der Waals surface area contributed by atoms with Gasteiger partial charge in [-0.2, -0.15) is 4.31 Å². The van der Waals surface area contributed by atoms with Gasteiger partial charge in [0.2, 0.25) is 10.0 Å². The largest absolute Gasteiger partial charge is 0.219 e. The molecule has 0 amide bonds. The first kappa shape index (κ1) is 18.0. The van der Waals surface area contributed by atoms with Crippen molar-refractivity contribution in [2.24, 2.45) is 0 Å². The molecule has 0 saturated carbocycles. The third kappa shape index (κ3) is 5.36. The first-order valence-electron chi connectivity index (χ1n) is 8.32. The molecule has 1 aliphatic rings. The Balaban J connectivity index is 2.06. The normalized spacial score (nSPS) is 23.0. The molecule has 0 bridgehead atoms. The van der Waals surface area contributed by atoms with Crippen LogP contribution in [0, 0.1) is 0 Å². The highest BCUT2D eigenvalue weighted by molar-refractivity contribution is 7.90. The molecule has 1 heterocycles. The fraction of sp³-hybridized carbons (Fsp3) is 1.00. The van der Waals surface area contributed by atoms with E-state index in [0.29, 0.717) is 6.04 Å². The molecule has 0 aromatic rings. The summed E-state index contributed by atoms with van der Waals surface area (Å²) in [5, 5.41) is 0. The minimum absolute atomic E-state index is 0.291. The monoisotopic (exact) mass is 303 g/mol. The molecule has 20 heavy (non-hydrogen) atoms. The third-order valence-electron chi connectivity index (χ3n) is 4.14. The van der Waals surface area contributed by atoms with E-state index in [2.05, 4.69) is 6.92 Å². The summed E-state index contributed by atoms with van der Waals surface area (Å²) in [7, 11) is -3.08. The Morgan fingerprint density at radius 1 is 0.950 bits per heavy atom. The van der Waals surface area contributed by atoms with Crippen molar-refractivity contribution < 1.29 is 8.42 Å². The van der Waals surface area contributed by atoms with Gasteiger partial charge >= 0.3 is 0 Å². The molecule has 0 spiro atoms. The van der Waals surface area contributed by atoms with Crippen LogP contribution in [0.2, 0.25) is 0 Å². The van der Waals surface area contributed by atoms with Crippen molar-refractivity contribution in [1.82, 2.24) is 4.31 Å². The standard InChI is InChI=1S/C16H33NO2S/c1-5-6-7-8-9-10-11-12-13-15-14-17(15)20(18,19)16(2,3)4/h15H,5-14H2,1-4H3/t15-,17?/m1/s1. The van der Waals surface area contributed by atoms with Gasteiger partial charge in [-0.15, -0.1) is 0 Å². The molecule has 0 N–H and O–H groups in total. The minimum Gasteiger partial charge on any atom is -0.212 e. The van der Waals surface area contributed by atoms with Crippen LogP contribution in [-0.2, 0) is 10.0 Å². The maximum absolute atomic E-state index is 12.2. The van der Waals surface area contributed by atoms with Gasteiger partial charge < -0.3 is 0 Å². The van der Waals surface area contributed by atoms with Gasteiger partial charge in [-0.3, -0.25) is 0 Å². The highest BCUT2D eigenvalue weighted by atomic mass is 32.2. The van der Waals surface area contributed by atoms with Gasteiger partial charge in [-0.1, -0.05) is 58.3 Å². The zero-order valence-electron chi connectivity index (χ0n) is 13.8. The number of hydrogen-bond acceptors (Lipinski definition) is 2.